The van der Waals surface area contributed by atoms with Crippen LogP contribution in [0.3, 0.4) is 0 Å². The second-order valence-corrected chi connectivity index (χ2v) is 9.24. The van der Waals surface area contributed by atoms with Gasteiger partial charge in [-0.05, 0) is 30.5 Å². The van der Waals surface area contributed by atoms with Crippen molar-refractivity contribution in [2.24, 2.45) is 5.92 Å². The van der Waals surface area contributed by atoms with Crippen LogP contribution in [0.15, 0.2) is 54.6 Å². The number of nitrogens with zero attached hydrogens (tertiary/aromatic N) is 4. The minimum Gasteiger partial charge on any atom is -0.382 e. The summed E-state index contributed by atoms with van der Waals surface area (Å²) >= 11 is 0. The number of halogens is 3. The van der Waals surface area contributed by atoms with Gasteiger partial charge in [-0.25, -0.2) is 4.98 Å². The van der Waals surface area contributed by atoms with Crippen molar-refractivity contribution in [3.05, 3.63) is 60.2 Å². The molecule has 0 spiro atoms. The molecule has 2 atom stereocenters. The number of aromatic amines is 1. The number of amides is 1. The zero-order chi connectivity index (χ0) is 26.9. The van der Waals surface area contributed by atoms with Crippen LogP contribution in [0.25, 0.3) is 22.2 Å². The molecule has 0 aliphatic carbocycles. The fourth-order valence-electron chi connectivity index (χ4n) is 4.75. The third-order valence-electron chi connectivity index (χ3n) is 6.76. The SMILES string of the molecule is CNc1nc(-c2ccc3c(N)n[nH]c3c2)cc(N2C[C@H](C(=O)NCc3ccccc3)CC[C@@H]2C(F)(F)F)n1. The number of rotatable bonds is 6. The number of alkyl halides is 3. The number of piperidine rings is 1. The molecule has 2 aromatic heterocycles. The maximum absolute atomic E-state index is 14.1. The predicted octanol–water partition coefficient (Wildman–Crippen LogP) is 4.11. The summed E-state index contributed by atoms with van der Waals surface area (Å²) in [4.78, 5) is 22.9. The Labute approximate surface area is 216 Å². The highest BCUT2D eigenvalue weighted by molar-refractivity contribution is 5.91. The molecule has 38 heavy (non-hydrogen) atoms. The summed E-state index contributed by atoms with van der Waals surface area (Å²) in [5, 5.41) is 13.3. The Balaban J connectivity index is 1.45. The summed E-state index contributed by atoms with van der Waals surface area (Å²) in [5.41, 5.74) is 8.52. The van der Waals surface area contributed by atoms with Crippen molar-refractivity contribution in [3.8, 4) is 11.3 Å². The topological polar surface area (TPSA) is 125 Å². The molecule has 0 radical (unpaired) electrons. The largest absolute Gasteiger partial charge is 0.408 e. The first-order valence-corrected chi connectivity index (χ1v) is 12.2. The third kappa shape index (κ3) is 5.20. The lowest BCUT2D eigenvalue weighted by Crippen LogP contribution is -2.54. The van der Waals surface area contributed by atoms with Crippen molar-refractivity contribution in [1.29, 1.82) is 0 Å². The predicted molar refractivity (Wildman–Crippen MR) is 139 cm³/mol. The van der Waals surface area contributed by atoms with Gasteiger partial charge in [0.1, 0.15) is 11.9 Å². The summed E-state index contributed by atoms with van der Waals surface area (Å²) in [7, 11) is 1.60. The number of hydrogen-bond acceptors (Lipinski definition) is 7. The number of H-pyrrole nitrogens is 1. The zero-order valence-corrected chi connectivity index (χ0v) is 20.6. The average molecular weight is 525 g/mol. The van der Waals surface area contributed by atoms with Crippen molar-refractivity contribution in [2.45, 2.75) is 31.6 Å². The van der Waals surface area contributed by atoms with Gasteiger partial charge in [0.05, 0.1) is 17.1 Å². The maximum Gasteiger partial charge on any atom is 0.408 e. The molecule has 4 aromatic rings. The number of aromatic nitrogens is 4. The molecule has 198 valence electrons. The maximum atomic E-state index is 14.1. The summed E-state index contributed by atoms with van der Waals surface area (Å²) < 4.78 is 42.4. The molecule has 1 aliphatic heterocycles. The van der Waals surface area contributed by atoms with Gasteiger partial charge in [-0.2, -0.15) is 23.3 Å². The van der Waals surface area contributed by atoms with E-state index in [4.69, 9.17) is 5.73 Å². The number of benzene rings is 2. The van der Waals surface area contributed by atoms with Gasteiger partial charge in [0.25, 0.3) is 0 Å². The van der Waals surface area contributed by atoms with E-state index in [9.17, 15) is 18.0 Å². The number of nitrogens with two attached hydrogens (primary N) is 1. The molecule has 12 heteroatoms. The molecule has 0 bridgehead atoms. The third-order valence-corrected chi connectivity index (χ3v) is 6.76. The molecule has 5 N–H and O–H groups in total. The van der Waals surface area contributed by atoms with E-state index in [2.05, 4.69) is 30.8 Å². The zero-order valence-electron chi connectivity index (χ0n) is 20.6. The van der Waals surface area contributed by atoms with Crippen molar-refractivity contribution in [1.82, 2.24) is 25.5 Å². The van der Waals surface area contributed by atoms with Crippen LogP contribution in [0.5, 0.6) is 0 Å². The Morgan fingerprint density at radius 2 is 1.92 bits per heavy atom. The first-order chi connectivity index (χ1) is 18.2. The van der Waals surface area contributed by atoms with E-state index in [1.807, 2.05) is 30.3 Å². The highest BCUT2D eigenvalue weighted by atomic mass is 19.4. The summed E-state index contributed by atoms with van der Waals surface area (Å²) in [6, 6.07) is 14.4. The normalized spacial score (nSPS) is 17.9. The quantitative estimate of drug-likeness (QED) is 0.299. The molecular weight excluding hydrogens is 497 g/mol. The van der Waals surface area contributed by atoms with Gasteiger partial charge >= 0.3 is 6.18 Å². The molecule has 0 unspecified atom stereocenters. The van der Waals surface area contributed by atoms with Crippen LogP contribution < -0.4 is 21.3 Å². The second-order valence-electron chi connectivity index (χ2n) is 9.24. The molecule has 2 aromatic carbocycles. The van der Waals surface area contributed by atoms with Gasteiger partial charge in [-0.3, -0.25) is 9.89 Å². The van der Waals surface area contributed by atoms with E-state index in [0.29, 0.717) is 29.1 Å². The first kappa shape index (κ1) is 25.3. The van der Waals surface area contributed by atoms with Crippen molar-refractivity contribution < 1.29 is 18.0 Å². The van der Waals surface area contributed by atoms with E-state index in [1.165, 1.54) is 11.0 Å². The molecule has 1 fully saturated rings. The van der Waals surface area contributed by atoms with Crippen molar-refractivity contribution >= 4 is 34.4 Å². The van der Waals surface area contributed by atoms with E-state index in [-0.39, 0.29) is 37.1 Å². The first-order valence-electron chi connectivity index (χ1n) is 12.2. The summed E-state index contributed by atoms with van der Waals surface area (Å²) in [5.74, 6) is -0.309. The second kappa shape index (κ2) is 10.2. The van der Waals surface area contributed by atoms with Crippen molar-refractivity contribution in [2.75, 3.05) is 29.5 Å². The lowest BCUT2D eigenvalue weighted by molar-refractivity contribution is -0.156. The minimum atomic E-state index is -4.50. The molecule has 1 amide bonds. The fraction of sp³-hybridized carbons (Fsp3) is 0.308. The van der Waals surface area contributed by atoms with E-state index >= 15 is 0 Å². The van der Waals surface area contributed by atoms with Gasteiger partial charge in [-0.15, -0.1) is 0 Å². The van der Waals surface area contributed by atoms with Crippen molar-refractivity contribution in [3.63, 3.8) is 0 Å². The lowest BCUT2D eigenvalue weighted by Gasteiger charge is -2.40. The molecular formula is C26H27F3N8O. The number of nitrogens with one attached hydrogen (secondary N) is 3. The van der Waals surface area contributed by atoms with Crippen LogP contribution in [0.4, 0.5) is 30.8 Å². The van der Waals surface area contributed by atoms with Crippen LogP contribution >= 0.6 is 0 Å². The molecule has 1 saturated heterocycles. The van der Waals surface area contributed by atoms with Crippen LogP contribution in [-0.4, -0.2) is 51.9 Å². The summed E-state index contributed by atoms with van der Waals surface area (Å²) in [6.07, 6.45) is -4.60. The van der Waals surface area contributed by atoms with Crippen LogP contribution in [0.2, 0.25) is 0 Å². The van der Waals surface area contributed by atoms with Gasteiger partial charge in [0.2, 0.25) is 11.9 Å². The van der Waals surface area contributed by atoms with Gasteiger partial charge in [-0.1, -0.05) is 36.4 Å². The Morgan fingerprint density at radius 1 is 1.13 bits per heavy atom. The van der Waals surface area contributed by atoms with Gasteiger partial charge in [0.15, 0.2) is 5.82 Å². The highest BCUT2D eigenvalue weighted by Crippen LogP contribution is 2.38. The van der Waals surface area contributed by atoms with Crippen LogP contribution in [0, 0.1) is 5.92 Å². The number of carbonyl (C=O) groups excluding carboxylic acids is 1. The number of nitrogen functional groups attached to an aromatic ring is 1. The Bertz CT molecular complexity index is 1440. The minimum absolute atomic E-state index is 0.0893. The van der Waals surface area contributed by atoms with E-state index in [1.54, 1.807) is 25.2 Å². The Morgan fingerprint density at radius 3 is 2.66 bits per heavy atom. The smallest absolute Gasteiger partial charge is 0.382 e. The molecule has 3 heterocycles. The molecule has 9 nitrogen and oxygen atoms in total. The number of carbonyl (C=O) groups is 1. The average Bonchev–Trinajstić information content (AvgIpc) is 3.31. The van der Waals surface area contributed by atoms with Gasteiger partial charge in [0, 0.05) is 37.2 Å². The lowest BCUT2D eigenvalue weighted by atomic mass is 9.91. The number of fused-ring (bicyclic) bond motifs is 1. The van der Waals surface area contributed by atoms with Gasteiger partial charge < -0.3 is 21.3 Å². The molecule has 1 aliphatic rings. The van der Waals surface area contributed by atoms with Crippen LogP contribution in [0.1, 0.15) is 18.4 Å². The monoisotopic (exact) mass is 524 g/mol. The highest BCUT2D eigenvalue weighted by Gasteiger charge is 2.48. The Hall–Kier alpha value is -4.35. The molecule has 5 rings (SSSR count). The Kier molecular flexibility index (Phi) is 6.79. The summed E-state index contributed by atoms with van der Waals surface area (Å²) in [6.45, 7) is 0.182. The number of hydrogen-bond donors (Lipinski definition) is 4. The molecule has 0 saturated carbocycles. The van der Waals surface area contributed by atoms with E-state index < -0.39 is 18.1 Å². The fourth-order valence-corrected chi connectivity index (χ4v) is 4.75. The number of anilines is 3. The van der Waals surface area contributed by atoms with Crippen LogP contribution in [-0.2, 0) is 11.3 Å². The standard InChI is InChI=1S/C26H27F3N8O/c1-31-25-33-19(16-7-9-18-20(11-16)35-36-23(18)30)12-22(34-25)37-14-17(8-10-21(37)26(27,28)29)24(38)32-13-15-5-3-2-4-6-15/h2-7,9,11-12,17,21H,8,10,13-14H2,1H3,(H,32,38)(H3,30,35,36)(H,31,33,34)/t17-,21-/m1/s1. The van der Waals surface area contributed by atoms with E-state index in [0.717, 1.165) is 10.9 Å².